The number of hydrogen-bond donors (Lipinski definition) is 0. The lowest BCUT2D eigenvalue weighted by Gasteiger charge is -2.41. The molecule has 4 aliphatic carbocycles. The highest BCUT2D eigenvalue weighted by molar-refractivity contribution is 4.91. The van der Waals surface area contributed by atoms with E-state index in [-0.39, 0.29) is 0 Å². The molecule has 0 nitrogen and oxygen atoms in total. The Kier molecular flexibility index (Phi) is 11.9. The molecule has 0 N–H and O–H groups in total. The van der Waals surface area contributed by atoms with Gasteiger partial charge in [0, 0.05) is 0 Å². The Bertz CT molecular complexity index is 430. The van der Waals surface area contributed by atoms with Crippen LogP contribution in [0.5, 0.6) is 0 Å². The maximum atomic E-state index is 12.8. The Hall–Kier alpha value is -0.140. The van der Waals surface area contributed by atoms with Crippen LogP contribution in [0.1, 0.15) is 120 Å². The van der Waals surface area contributed by atoms with E-state index in [1.165, 1.54) is 32.1 Å². The molecule has 2 heteroatoms. The molecule has 0 aromatic rings. The minimum absolute atomic E-state index is 0.470. The Morgan fingerprint density at radius 1 is 0.600 bits per heavy atom. The Labute approximate surface area is 188 Å². The van der Waals surface area contributed by atoms with Crippen LogP contribution in [0, 0.1) is 47.3 Å². The molecule has 4 aliphatic rings. The zero-order valence-electron chi connectivity index (χ0n) is 21.8. The third-order valence-corrected chi connectivity index (χ3v) is 8.04. The van der Waals surface area contributed by atoms with Gasteiger partial charge in [0.1, 0.15) is 11.8 Å². The highest BCUT2D eigenvalue weighted by Crippen LogP contribution is 2.44. The predicted octanol–water partition coefficient (Wildman–Crippen LogP) is 9.67. The summed E-state index contributed by atoms with van der Waals surface area (Å²) < 4.78 is 24.9. The average Bonchev–Trinajstić information content (AvgIpc) is 3.33. The molecule has 30 heavy (non-hydrogen) atoms. The first-order valence-electron chi connectivity index (χ1n) is 13.1. The van der Waals surface area contributed by atoms with E-state index in [1.807, 2.05) is 0 Å². The Balaban J connectivity index is 0.000000202. The smallest absolute Gasteiger partial charge is 0.108 e. The molecule has 0 aromatic heterocycles. The third kappa shape index (κ3) is 10.9. The van der Waals surface area contributed by atoms with Gasteiger partial charge in [-0.1, -0.05) is 74.7 Å². The van der Waals surface area contributed by atoms with E-state index < -0.39 is 11.8 Å². The van der Waals surface area contributed by atoms with Gasteiger partial charge in [0.2, 0.25) is 0 Å². The van der Waals surface area contributed by atoms with Gasteiger partial charge in [0.25, 0.3) is 0 Å². The molecule has 0 bridgehead atoms. The van der Waals surface area contributed by atoms with Crippen LogP contribution in [0.3, 0.4) is 0 Å². The van der Waals surface area contributed by atoms with E-state index in [2.05, 4.69) is 55.4 Å². The molecule has 0 atom stereocenters. The standard InChI is InChI=1S/C8H15F.C7H13F.C7H14.C6H12/c1-6(2)7-4-8(3,9)5-7;1-5(2)6-3-7(8)4-6;1-6(2)7-4-3-5-7;1-5(2)6-3-4-6/h6-7H,4-5H2,1-3H3;5-7H,3-4H2,1-2H3;6-7H,3-5H2,1-2H3;5-6H,3-4H2,1-2H3. The average molecular weight is 429 g/mol. The maximum Gasteiger partial charge on any atom is 0.108 e. The third-order valence-electron chi connectivity index (χ3n) is 8.04. The van der Waals surface area contributed by atoms with Crippen LogP contribution in [0.15, 0.2) is 0 Å². The van der Waals surface area contributed by atoms with Crippen molar-refractivity contribution in [3.8, 4) is 0 Å². The van der Waals surface area contributed by atoms with Crippen molar-refractivity contribution in [2.45, 2.75) is 132 Å². The zero-order valence-corrected chi connectivity index (χ0v) is 21.8. The highest BCUT2D eigenvalue weighted by atomic mass is 19.1. The molecular weight excluding hydrogens is 374 g/mol. The molecule has 180 valence electrons. The van der Waals surface area contributed by atoms with Crippen LogP contribution in [-0.2, 0) is 0 Å². The molecule has 0 heterocycles. The normalized spacial score (nSPS) is 32.7. The van der Waals surface area contributed by atoms with Crippen LogP contribution in [0.4, 0.5) is 8.78 Å². The molecule has 0 spiro atoms. The molecule has 0 radical (unpaired) electrons. The first kappa shape index (κ1) is 27.9. The number of alkyl halides is 2. The number of rotatable bonds is 4. The van der Waals surface area contributed by atoms with Gasteiger partial charge in [0.05, 0.1) is 0 Å². The van der Waals surface area contributed by atoms with Gasteiger partial charge < -0.3 is 0 Å². The van der Waals surface area contributed by atoms with Crippen molar-refractivity contribution in [1.29, 1.82) is 0 Å². The molecule has 4 fully saturated rings. The van der Waals surface area contributed by atoms with Crippen molar-refractivity contribution < 1.29 is 8.78 Å². The monoisotopic (exact) mass is 428 g/mol. The van der Waals surface area contributed by atoms with E-state index in [4.69, 9.17) is 0 Å². The van der Waals surface area contributed by atoms with Crippen molar-refractivity contribution in [2.75, 3.05) is 0 Å². The van der Waals surface area contributed by atoms with Crippen LogP contribution in [0.25, 0.3) is 0 Å². The summed E-state index contributed by atoms with van der Waals surface area (Å²) in [6.07, 6.45) is 10.2. The molecular formula is C28H54F2. The fourth-order valence-electron chi connectivity index (χ4n) is 4.51. The van der Waals surface area contributed by atoms with E-state index in [0.29, 0.717) is 23.7 Å². The van der Waals surface area contributed by atoms with Crippen LogP contribution >= 0.6 is 0 Å². The summed E-state index contributed by atoms with van der Waals surface area (Å²) >= 11 is 0. The zero-order chi connectivity index (χ0) is 23.1. The predicted molar refractivity (Wildman–Crippen MR) is 129 cm³/mol. The van der Waals surface area contributed by atoms with E-state index in [0.717, 1.165) is 49.4 Å². The van der Waals surface area contributed by atoms with E-state index in [1.54, 1.807) is 6.92 Å². The van der Waals surface area contributed by atoms with Gasteiger partial charge >= 0.3 is 0 Å². The topological polar surface area (TPSA) is 0 Å². The summed E-state index contributed by atoms with van der Waals surface area (Å²) in [6, 6.07) is 0. The second-order valence-electron chi connectivity index (χ2n) is 12.4. The van der Waals surface area contributed by atoms with Crippen molar-refractivity contribution >= 4 is 0 Å². The van der Waals surface area contributed by atoms with Gasteiger partial charge in [0.15, 0.2) is 0 Å². The Morgan fingerprint density at radius 2 is 0.967 bits per heavy atom. The quantitative estimate of drug-likeness (QED) is 0.418. The highest BCUT2D eigenvalue weighted by Gasteiger charge is 2.41. The van der Waals surface area contributed by atoms with Crippen molar-refractivity contribution in [2.24, 2.45) is 47.3 Å². The van der Waals surface area contributed by atoms with Gasteiger partial charge in [-0.15, -0.1) is 0 Å². The minimum Gasteiger partial charge on any atom is -0.247 e. The van der Waals surface area contributed by atoms with Crippen molar-refractivity contribution in [1.82, 2.24) is 0 Å². The summed E-state index contributed by atoms with van der Waals surface area (Å²) in [7, 11) is 0. The van der Waals surface area contributed by atoms with Gasteiger partial charge in [-0.25, -0.2) is 8.78 Å². The lowest BCUT2D eigenvalue weighted by atomic mass is 9.68. The van der Waals surface area contributed by atoms with Crippen LogP contribution in [0.2, 0.25) is 0 Å². The second-order valence-corrected chi connectivity index (χ2v) is 12.4. The van der Waals surface area contributed by atoms with E-state index in [9.17, 15) is 8.78 Å². The van der Waals surface area contributed by atoms with Gasteiger partial charge in [-0.3, -0.25) is 0 Å². The molecule has 0 aromatic carbocycles. The molecule has 0 saturated heterocycles. The molecule has 0 unspecified atom stereocenters. The van der Waals surface area contributed by atoms with Crippen LogP contribution in [-0.4, -0.2) is 11.8 Å². The fourth-order valence-corrected chi connectivity index (χ4v) is 4.51. The number of hydrogen-bond acceptors (Lipinski definition) is 0. The number of halogens is 2. The van der Waals surface area contributed by atoms with Gasteiger partial charge in [-0.2, -0.15) is 0 Å². The first-order chi connectivity index (χ1) is 13.8. The summed E-state index contributed by atoms with van der Waals surface area (Å²) in [5, 5.41) is 0. The molecule has 4 saturated carbocycles. The molecule has 4 rings (SSSR count). The molecule has 0 amide bonds. The maximum absolute atomic E-state index is 12.8. The SMILES string of the molecule is CC(C)C1CC(C)(F)C1.CC(C)C1CC(F)C1.CC(C)C1CC1.CC(C)C1CCC1. The summed E-state index contributed by atoms with van der Waals surface area (Å²) in [6.45, 7) is 19.6. The lowest BCUT2D eigenvalue weighted by Crippen LogP contribution is -2.39. The summed E-state index contributed by atoms with van der Waals surface area (Å²) in [4.78, 5) is 0. The van der Waals surface area contributed by atoms with Crippen molar-refractivity contribution in [3.63, 3.8) is 0 Å². The van der Waals surface area contributed by atoms with Gasteiger partial charge in [-0.05, 0) is 92.8 Å². The Morgan fingerprint density at radius 3 is 1.03 bits per heavy atom. The van der Waals surface area contributed by atoms with Crippen molar-refractivity contribution in [3.05, 3.63) is 0 Å². The lowest BCUT2D eigenvalue weighted by molar-refractivity contribution is 0.00285. The van der Waals surface area contributed by atoms with E-state index >= 15 is 0 Å². The first-order valence-corrected chi connectivity index (χ1v) is 13.1. The van der Waals surface area contributed by atoms with Crippen LogP contribution < -0.4 is 0 Å². The second kappa shape index (κ2) is 12.8. The summed E-state index contributed by atoms with van der Waals surface area (Å²) in [5.74, 6) is 6.81. The minimum atomic E-state index is -0.824. The fraction of sp³-hybridized carbons (Fsp3) is 1.00. The summed E-state index contributed by atoms with van der Waals surface area (Å²) in [5.41, 5.74) is -0.824. The largest absolute Gasteiger partial charge is 0.247 e. The molecule has 0 aliphatic heterocycles.